The molecule has 0 radical (unpaired) electrons. The Morgan fingerprint density at radius 3 is 2.30 bits per heavy atom. The van der Waals surface area contributed by atoms with E-state index >= 15 is 0 Å². The van der Waals surface area contributed by atoms with Crippen molar-refractivity contribution in [2.24, 2.45) is 28.0 Å². The van der Waals surface area contributed by atoms with E-state index in [9.17, 15) is 0 Å². The summed E-state index contributed by atoms with van der Waals surface area (Å²) in [4.78, 5) is 0. The Morgan fingerprint density at radius 1 is 1.15 bits per heavy atom. The van der Waals surface area contributed by atoms with Gasteiger partial charge < -0.3 is 0 Å². The van der Waals surface area contributed by atoms with Gasteiger partial charge >= 0.3 is 0 Å². The zero-order valence-corrected chi connectivity index (χ0v) is 13.4. The van der Waals surface area contributed by atoms with Crippen molar-refractivity contribution in [1.82, 2.24) is 5.43 Å². The van der Waals surface area contributed by atoms with Crippen LogP contribution in [0.25, 0.3) is 0 Å². The molecule has 20 heavy (non-hydrogen) atoms. The molecule has 0 aromatic carbocycles. The second-order valence-corrected chi connectivity index (χ2v) is 8.83. The van der Waals surface area contributed by atoms with E-state index in [1.54, 1.807) is 0 Å². The van der Waals surface area contributed by atoms with E-state index in [2.05, 4.69) is 31.1 Å². The normalized spacial score (nSPS) is 46.9. The molecule has 4 aliphatic rings. The maximum atomic E-state index is 5.79. The average Bonchev–Trinajstić information content (AvgIpc) is 2.29. The molecule has 0 heterocycles. The highest BCUT2D eigenvalue weighted by Crippen LogP contribution is 2.70. The van der Waals surface area contributed by atoms with Crippen molar-refractivity contribution in [3.8, 4) is 11.8 Å². The molecule has 0 amide bonds. The van der Waals surface area contributed by atoms with Gasteiger partial charge in [0.25, 0.3) is 0 Å². The van der Waals surface area contributed by atoms with E-state index in [0.717, 1.165) is 12.3 Å². The highest BCUT2D eigenvalue weighted by Gasteiger charge is 2.59. The minimum Gasteiger partial charge on any atom is -0.271 e. The quantitative estimate of drug-likeness (QED) is 0.467. The first-order chi connectivity index (χ1) is 9.40. The van der Waals surface area contributed by atoms with Gasteiger partial charge in [-0.3, -0.25) is 11.3 Å². The van der Waals surface area contributed by atoms with Crippen molar-refractivity contribution in [2.75, 3.05) is 0 Å². The number of hydrogen-bond acceptors (Lipinski definition) is 2. The summed E-state index contributed by atoms with van der Waals surface area (Å²) in [5, 5.41) is 0. The Bertz CT molecular complexity index is 426. The van der Waals surface area contributed by atoms with Gasteiger partial charge in [0.1, 0.15) is 0 Å². The van der Waals surface area contributed by atoms with E-state index in [0.29, 0.717) is 22.3 Å². The minimum absolute atomic E-state index is 0.367. The molecule has 4 rings (SSSR count). The van der Waals surface area contributed by atoms with Gasteiger partial charge in [0, 0.05) is 12.5 Å². The molecule has 4 fully saturated rings. The van der Waals surface area contributed by atoms with Crippen molar-refractivity contribution >= 4 is 0 Å². The molecular weight excluding hydrogens is 244 g/mol. The summed E-state index contributed by atoms with van der Waals surface area (Å²) in [6.45, 7) is 7.00. The van der Waals surface area contributed by atoms with Crippen LogP contribution in [-0.4, -0.2) is 6.04 Å². The Balaban J connectivity index is 1.79. The summed E-state index contributed by atoms with van der Waals surface area (Å²) in [5.41, 5.74) is 4.77. The van der Waals surface area contributed by atoms with Gasteiger partial charge in [-0.1, -0.05) is 13.8 Å². The SMILES string of the molecule is CC#CCC(CC12CC3CC(C)(CC(C)(C3)C1)C2)NN. The van der Waals surface area contributed by atoms with Crippen LogP contribution in [0.1, 0.15) is 72.1 Å². The van der Waals surface area contributed by atoms with Gasteiger partial charge in [-0.2, -0.15) is 0 Å². The molecule has 3 N–H and O–H groups in total. The highest BCUT2D eigenvalue weighted by molar-refractivity contribution is 5.11. The van der Waals surface area contributed by atoms with Crippen molar-refractivity contribution in [3.63, 3.8) is 0 Å². The van der Waals surface area contributed by atoms with Gasteiger partial charge in [-0.25, -0.2) is 0 Å². The maximum Gasteiger partial charge on any atom is 0.0325 e. The van der Waals surface area contributed by atoms with Gasteiger partial charge in [-0.05, 0) is 74.0 Å². The number of rotatable bonds is 4. The predicted molar refractivity (Wildman–Crippen MR) is 83.6 cm³/mol. The zero-order valence-electron chi connectivity index (χ0n) is 13.4. The van der Waals surface area contributed by atoms with E-state index < -0.39 is 0 Å². The van der Waals surface area contributed by atoms with Crippen molar-refractivity contribution in [2.45, 2.75) is 78.2 Å². The van der Waals surface area contributed by atoms with Gasteiger partial charge in [0.2, 0.25) is 0 Å². The Hall–Kier alpha value is -0.520. The fourth-order valence-corrected chi connectivity index (χ4v) is 6.85. The molecule has 4 aliphatic carbocycles. The molecule has 3 unspecified atom stereocenters. The Kier molecular flexibility index (Phi) is 3.42. The lowest BCUT2D eigenvalue weighted by Crippen LogP contribution is -2.56. The topological polar surface area (TPSA) is 38.0 Å². The molecule has 3 atom stereocenters. The summed E-state index contributed by atoms with van der Waals surface area (Å²) < 4.78 is 0. The Morgan fingerprint density at radius 2 is 1.80 bits per heavy atom. The standard InChI is InChI=1S/C18H30N2/c1-4-5-6-15(20-19)10-18-9-14-7-16(2,12-18)11-17(3,8-14)13-18/h14-15,20H,6-13,19H2,1-3H3. The van der Waals surface area contributed by atoms with Crippen LogP contribution in [0.3, 0.4) is 0 Å². The first-order valence-electron chi connectivity index (χ1n) is 8.26. The summed E-state index contributed by atoms with van der Waals surface area (Å²) in [5.74, 6) is 13.0. The molecule has 0 saturated heterocycles. The lowest BCUT2D eigenvalue weighted by Gasteiger charge is -2.66. The fraction of sp³-hybridized carbons (Fsp3) is 0.889. The van der Waals surface area contributed by atoms with E-state index in [4.69, 9.17) is 5.84 Å². The third-order valence-electron chi connectivity index (χ3n) is 6.18. The number of hydrazine groups is 1. The van der Waals surface area contributed by atoms with Crippen LogP contribution in [0, 0.1) is 34.0 Å². The average molecular weight is 274 g/mol. The second-order valence-electron chi connectivity index (χ2n) is 8.83. The molecule has 0 aliphatic heterocycles. The largest absolute Gasteiger partial charge is 0.271 e. The maximum absolute atomic E-state index is 5.79. The van der Waals surface area contributed by atoms with Gasteiger partial charge in [0.15, 0.2) is 0 Å². The molecule has 2 heteroatoms. The van der Waals surface area contributed by atoms with Crippen LogP contribution in [0.4, 0.5) is 0 Å². The van der Waals surface area contributed by atoms with E-state index in [1.165, 1.54) is 44.9 Å². The summed E-state index contributed by atoms with van der Waals surface area (Å²) in [6, 6.07) is 0.367. The molecule has 0 spiro atoms. The van der Waals surface area contributed by atoms with Crippen molar-refractivity contribution in [1.29, 1.82) is 0 Å². The summed E-state index contributed by atoms with van der Waals surface area (Å²) in [7, 11) is 0. The first kappa shape index (κ1) is 14.4. The summed E-state index contributed by atoms with van der Waals surface area (Å²) >= 11 is 0. The summed E-state index contributed by atoms with van der Waals surface area (Å²) in [6.07, 6.45) is 10.8. The van der Waals surface area contributed by atoms with Crippen LogP contribution in [0.2, 0.25) is 0 Å². The fourth-order valence-electron chi connectivity index (χ4n) is 6.85. The number of hydrogen-bond donors (Lipinski definition) is 2. The third kappa shape index (κ3) is 2.51. The monoisotopic (exact) mass is 274 g/mol. The van der Waals surface area contributed by atoms with Gasteiger partial charge in [0.05, 0.1) is 0 Å². The minimum atomic E-state index is 0.367. The lowest BCUT2D eigenvalue weighted by molar-refractivity contribution is -0.150. The molecule has 4 bridgehead atoms. The zero-order chi connectivity index (χ0) is 14.4. The first-order valence-corrected chi connectivity index (χ1v) is 8.26. The highest BCUT2D eigenvalue weighted by atomic mass is 15.2. The van der Waals surface area contributed by atoms with Crippen molar-refractivity contribution in [3.05, 3.63) is 0 Å². The number of nitrogens with two attached hydrogens (primary N) is 1. The van der Waals surface area contributed by atoms with E-state index in [1.807, 2.05) is 6.92 Å². The molecular formula is C18H30N2. The smallest absolute Gasteiger partial charge is 0.0325 e. The lowest BCUT2D eigenvalue weighted by atomic mass is 9.39. The van der Waals surface area contributed by atoms with Crippen LogP contribution in [0.5, 0.6) is 0 Å². The number of nitrogens with one attached hydrogen (secondary N) is 1. The molecule has 0 aromatic rings. The van der Waals surface area contributed by atoms with Crippen LogP contribution in [0.15, 0.2) is 0 Å². The van der Waals surface area contributed by atoms with Crippen LogP contribution >= 0.6 is 0 Å². The van der Waals surface area contributed by atoms with Crippen LogP contribution < -0.4 is 11.3 Å². The van der Waals surface area contributed by atoms with Crippen molar-refractivity contribution < 1.29 is 0 Å². The Labute approximate surface area is 124 Å². The third-order valence-corrected chi connectivity index (χ3v) is 6.18. The molecule has 0 aromatic heterocycles. The predicted octanol–water partition coefficient (Wildman–Crippen LogP) is 3.62. The van der Waals surface area contributed by atoms with E-state index in [-0.39, 0.29) is 0 Å². The second kappa shape index (κ2) is 4.75. The molecule has 2 nitrogen and oxygen atoms in total. The molecule has 112 valence electrons. The molecule has 4 saturated carbocycles. The van der Waals surface area contributed by atoms with Gasteiger partial charge in [-0.15, -0.1) is 11.8 Å². The van der Waals surface area contributed by atoms with Crippen LogP contribution in [-0.2, 0) is 0 Å².